The molecule has 2 amide bonds. The molecule has 0 radical (unpaired) electrons. The van der Waals surface area contributed by atoms with Crippen LogP contribution in [0.15, 0.2) is 77.4 Å². The molecular weight excluding hydrogens is 728 g/mol. The molecule has 0 saturated carbocycles. The second-order valence-corrected chi connectivity index (χ2v) is 19.9. The van der Waals surface area contributed by atoms with E-state index in [0.717, 1.165) is 45.0 Å². The van der Waals surface area contributed by atoms with E-state index in [4.69, 9.17) is 9.47 Å². The third kappa shape index (κ3) is 6.43. The van der Waals surface area contributed by atoms with Crippen molar-refractivity contribution in [1.29, 1.82) is 0 Å². The first kappa shape index (κ1) is 35.5. The molecule has 0 unspecified atom stereocenters. The molecule has 3 aliphatic heterocycles. The number of fused-ring (bicyclic) bond motifs is 2. The molecule has 51 heavy (non-hydrogen) atoms. The predicted octanol–water partition coefficient (Wildman–Crippen LogP) is 4.37. The van der Waals surface area contributed by atoms with E-state index in [1.54, 1.807) is 12.0 Å². The zero-order valence-electron chi connectivity index (χ0n) is 29.5. The number of nitrogens with zero attached hydrogens (tertiary/aromatic N) is 5. The number of carbonyl (C=O) groups is 2. The molecule has 0 aliphatic carbocycles. The Hall–Kier alpha value is -3.88. The molecule has 2 N–H and O–H groups in total. The van der Waals surface area contributed by atoms with Crippen molar-refractivity contribution in [3.63, 3.8) is 0 Å². The molecule has 4 aromatic rings. The maximum Gasteiger partial charge on any atom is 0.264 e. The molecule has 2 fully saturated rings. The van der Waals surface area contributed by atoms with Gasteiger partial charge in [0.2, 0.25) is 5.91 Å². The molecule has 268 valence electrons. The van der Waals surface area contributed by atoms with E-state index in [0.29, 0.717) is 39.0 Å². The SMILES string of the molecule is COc1ccc([Si](C)(C)[C@@H]2[C@@H](CCn3cc(CCO)nn3)O[C@]3(C(=O)N(Cc4ccc(N5CCNCC5=O)cc4)c4ccc(Br)cc43)[C@H]2C)cc1. The molecule has 3 aliphatic rings. The largest absolute Gasteiger partial charge is 0.497 e. The van der Waals surface area contributed by atoms with Crippen molar-refractivity contribution < 1.29 is 24.2 Å². The first-order valence-corrected chi connectivity index (χ1v) is 21.5. The van der Waals surface area contributed by atoms with Crippen LogP contribution in [0.2, 0.25) is 18.6 Å². The quantitative estimate of drug-likeness (QED) is 0.216. The van der Waals surface area contributed by atoms with Crippen molar-refractivity contribution in [3.8, 4) is 5.75 Å². The van der Waals surface area contributed by atoms with Gasteiger partial charge in [0.05, 0.1) is 45.8 Å². The van der Waals surface area contributed by atoms with Crippen molar-refractivity contribution in [2.45, 2.75) is 63.2 Å². The Morgan fingerprint density at radius 2 is 1.86 bits per heavy atom. The van der Waals surface area contributed by atoms with E-state index < -0.39 is 13.7 Å². The van der Waals surface area contributed by atoms with Gasteiger partial charge in [-0.3, -0.25) is 14.3 Å². The lowest BCUT2D eigenvalue weighted by Gasteiger charge is -2.37. The van der Waals surface area contributed by atoms with Gasteiger partial charge in [-0.2, -0.15) is 0 Å². The number of methoxy groups -OCH3 is 1. The summed E-state index contributed by atoms with van der Waals surface area (Å²) < 4.78 is 15.5. The van der Waals surface area contributed by atoms with Crippen LogP contribution >= 0.6 is 15.9 Å². The van der Waals surface area contributed by atoms with Gasteiger partial charge >= 0.3 is 0 Å². The Morgan fingerprint density at radius 3 is 2.57 bits per heavy atom. The summed E-state index contributed by atoms with van der Waals surface area (Å²) in [4.78, 5) is 31.3. The van der Waals surface area contributed by atoms with E-state index in [9.17, 15) is 9.90 Å². The fourth-order valence-electron chi connectivity index (χ4n) is 8.49. The standard InChI is InChI=1S/C38H45BrN6O5Si/c1-25-36(51(3,4)31-12-10-30(49-2)11-13-31)34(15-18-43-24-28(16-20-46)41-42-43)50-38(25)32-21-27(39)7-14-33(32)45(37(38)48)23-26-5-8-29(9-6-26)44-19-17-40-22-35(44)47/h5-14,21,24-25,34,36,40,46H,15-20,22-23H2,1-4H3/t25-,34+,36-,38+/m0/s1. The predicted molar refractivity (Wildman–Crippen MR) is 202 cm³/mol. The van der Waals surface area contributed by atoms with Gasteiger partial charge in [-0.05, 0) is 60.0 Å². The molecule has 4 heterocycles. The minimum atomic E-state index is -2.31. The lowest BCUT2D eigenvalue weighted by molar-refractivity contribution is -0.146. The highest BCUT2D eigenvalue weighted by Crippen LogP contribution is 2.60. The topological polar surface area (TPSA) is 122 Å². The van der Waals surface area contributed by atoms with Crippen LogP contribution in [0.25, 0.3) is 0 Å². The summed E-state index contributed by atoms with van der Waals surface area (Å²) in [6, 6.07) is 22.4. The van der Waals surface area contributed by atoms with E-state index in [2.05, 4.69) is 69.8 Å². The molecule has 11 nitrogen and oxygen atoms in total. The lowest BCUT2D eigenvalue weighted by atomic mass is 9.82. The molecule has 0 bridgehead atoms. The Bertz CT molecular complexity index is 1900. The van der Waals surface area contributed by atoms with Crippen LogP contribution in [0, 0.1) is 5.92 Å². The second-order valence-electron chi connectivity index (χ2n) is 14.3. The summed E-state index contributed by atoms with van der Waals surface area (Å²) >= 11 is 3.71. The third-order valence-corrected chi connectivity index (χ3v) is 15.9. The third-order valence-electron chi connectivity index (χ3n) is 11.1. The molecule has 2 saturated heterocycles. The highest BCUT2D eigenvalue weighted by atomic mass is 79.9. The Balaban J connectivity index is 1.24. The number of amides is 2. The Labute approximate surface area is 308 Å². The van der Waals surface area contributed by atoms with Crippen LogP contribution in [0.4, 0.5) is 11.4 Å². The van der Waals surface area contributed by atoms with Gasteiger partial charge < -0.3 is 29.7 Å². The van der Waals surface area contributed by atoms with E-state index >= 15 is 4.79 Å². The summed E-state index contributed by atoms with van der Waals surface area (Å²) in [5.41, 5.74) is 3.21. The number of piperazine rings is 1. The number of aryl methyl sites for hydroxylation is 1. The van der Waals surface area contributed by atoms with Gasteiger partial charge in [-0.15, -0.1) is 5.10 Å². The van der Waals surface area contributed by atoms with Crippen molar-refractivity contribution in [2.24, 2.45) is 5.92 Å². The van der Waals surface area contributed by atoms with Crippen LogP contribution in [0.5, 0.6) is 5.75 Å². The average Bonchev–Trinajstić information content (AvgIpc) is 3.78. The number of aliphatic hydroxyl groups excluding tert-OH is 1. The number of rotatable bonds is 11. The van der Waals surface area contributed by atoms with Gasteiger partial charge in [0.25, 0.3) is 5.91 Å². The maximum absolute atomic E-state index is 15.1. The second kappa shape index (κ2) is 14.3. The maximum atomic E-state index is 15.1. The van der Waals surface area contributed by atoms with Crippen LogP contribution in [-0.2, 0) is 39.4 Å². The highest BCUT2D eigenvalue weighted by molar-refractivity contribution is 9.10. The van der Waals surface area contributed by atoms with Crippen molar-refractivity contribution >= 4 is 52.4 Å². The Kier molecular flexibility index (Phi) is 9.94. The van der Waals surface area contributed by atoms with Gasteiger partial charge in [0.1, 0.15) is 5.75 Å². The minimum Gasteiger partial charge on any atom is -0.497 e. The number of ether oxygens (including phenoxy) is 2. The fourth-order valence-corrected chi connectivity index (χ4v) is 12.9. The number of hydrogen-bond acceptors (Lipinski definition) is 8. The molecule has 1 spiro atoms. The number of aromatic nitrogens is 3. The van der Waals surface area contributed by atoms with Crippen molar-refractivity contribution in [3.05, 3.63) is 94.2 Å². The normalized spacial score (nSPS) is 23.4. The first-order chi connectivity index (χ1) is 24.6. The number of carbonyl (C=O) groups excluding carboxylic acids is 2. The smallest absolute Gasteiger partial charge is 0.264 e. The minimum absolute atomic E-state index is 0.0156. The summed E-state index contributed by atoms with van der Waals surface area (Å²) in [5, 5.41) is 22.3. The number of nitrogens with one attached hydrogen (secondary N) is 1. The van der Waals surface area contributed by atoms with Crippen LogP contribution < -0.4 is 25.0 Å². The number of aliphatic hydroxyl groups is 1. The number of benzene rings is 3. The fraction of sp³-hybridized carbons (Fsp3) is 0.421. The zero-order valence-corrected chi connectivity index (χ0v) is 32.1. The summed E-state index contributed by atoms with van der Waals surface area (Å²) in [6.07, 6.45) is 2.74. The summed E-state index contributed by atoms with van der Waals surface area (Å²) in [6.45, 7) is 9.64. The molecule has 13 heteroatoms. The molecule has 7 rings (SSSR count). The van der Waals surface area contributed by atoms with Gasteiger partial charge in [0.15, 0.2) is 5.60 Å². The number of hydrogen-bond donors (Lipinski definition) is 2. The van der Waals surface area contributed by atoms with E-state index in [1.165, 1.54) is 5.19 Å². The van der Waals surface area contributed by atoms with Crippen molar-refractivity contribution in [1.82, 2.24) is 20.3 Å². The summed E-state index contributed by atoms with van der Waals surface area (Å²) in [5.74, 6) is 0.670. The van der Waals surface area contributed by atoms with Gasteiger partial charge in [0, 0.05) is 60.5 Å². The molecule has 1 aromatic heterocycles. The molecule has 3 aromatic carbocycles. The van der Waals surface area contributed by atoms with Crippen LogP contribution in [0.3, 0.4) is 0 Å². The van der Waals surface area contributed by atoms with Gasteiger partial charge in [-0.1, -0.05) is 70.6 Å². The Morgan fingerprint density at radius 1 is 1.10 bits per heavy atom. The lowest BCUT2D eigenvalue weighted by Crippen LogP contribution is -2.51. The van der Waals surface area contributed by atoms with Crippen LogP contribution in [0.1, 0.15) is 30.2 Å². The highest BCUT2D eigenvalue weighted by Gasteiger charge is 2.66. The van der Waals surface area contributed by atoms with Gasteiger partial charge in [-0.25, -0.2) is 0 Å². The zero-order chi connectivity index (χ0) is 35.9. The van der Waals surface area contributed by atoms with E-state index in [1.807, 2.05) is 64.3 Å². The van der Waals surface area contributed by atoms with Crippen LogP contribution in [-0.4, -0.2) is 79.4 Å². The summed E-state index contributed by atoms with van der Waals surface area (Å²) in [7, 11) is -0.639. The number of anilines is 2. The van der Waals surface area contributed by atoms with E-state index in [-0.39, 0.29) is 36.0 Å². The average molecular weight is 774 g/mol. The monoisotopic (exact) mass is 772 g/mol. The molecular formula is C38H45BrN6O5Si. The number of halogens is 1. The first-order valence-electron chi connectivity index (χ1n) is 17.6. The van der Waals surface area contributed by atoms with Crippen molar-refractivity contribution in [2.75, 3.05) is 43.2 Å². The molecule has 4 atom stereocenters.